The van der Waals surface area contributed by atoms with Gasteiger partial charge in [0.05, 0.1) is 11.8 Å². The van der Waals surface area contributed by atoms with Crippen molar-refractivity contribution in [3.63, 3.8) is 0 Å². The van der Waals surface area contributed by atoms with Crippen LogP contribution in [0.2, 0.25) is 0 Å². The van der Waals surface area contributed by atoms with Crippen LogP contribution in [-0.2, 0) is 7.05 Å². The van der Waals surface area contributed by atoms with E-state index in [0.29, 0.717) is 11.6 Å². The first-order chi connectivity index (χ1) is 14.9. The summed E-state index contributed by atoms with van der Waals surface area (Å²) in [6.07, 6.45) is 4.03. The van der Waals surface area contributed by atoms with E-state index in [1.54, 1.807) is 19.3 Å². The number of halogens is 1. The van der Waals surface area contributed by atoms with Crippen LogP contribution in [0.15, 0.2) is 48.9 Å². The summed E-state index contributed by atoms with van der Waals surface area (Å²) in [5.41, 5.74) is 3.15. The summed E-state index contributed by atoms with van der Waals surface area (Å²) in [6, 6.07) is 9.38. The van der Waals surface area contributed by atoms with E-state index in [1.807, 2.05) is 31.2 Å². The van der Waals surface area contributed by atoms with Gasteiger partial charge in [0.15, 0.2) is 0 Å². The van der Waals surface area contributed by atoms with Gasteiger partial charge < -0.3 is 10.1 Å². The van der Waals surface area contributed by atoms with Gasteiger partial charge in [0.1, 0.15) is 17.4 Å². The lowest BCUT2D eigenvalue weighted by molar-refractivity contribution is 0.102. The first kappa shape index (κ1) is 20.1. The summed E-state index contributed by atoms with van der Waals surface area (Å²) < 4.78 is 20.8. The molecule has 0 aliphatic carbocycles. The molecule has 0 fully saturated rings. The number of ether oxygens (including phenoxy) is 1. The lowest BCUT2D eigenvalue weighted by Crippen LogP contribution is -2.15. The van der Waals surface area contributed by atoms with E-state index in [4.69, 9.17) is 4.74 Å². The van der Waals surface area contributed by atoms with Crippen LogP contribution in [0, 0.1) is 19.7 Å². The number of hydrogen-bond donors (Lipinski definition) is 1. The zero-order chi connectivity index (χ0) is 22.0. The van der Waals surface area contributed by atoms with Crippen LogP contribution in [0.4, 0.5) is 10.2 Å². The van der Waals surface area contributed by atoms with Gasteiger partial charge in [-0.1, -0.05) is 11.2 Å². The fourth-order valence-electron chi connectivity index (χ4n) is 2.93. The number of tetrazole rings is 1. The van der Waals surface area contributed by atoms with Crippen molar-refractivity contribution in [1.82, 2.24) is 30.2 Å². The summed E-state index contributed by atoms with van der Waals surface area (Å²) in [4.78, 5) is 20.5. The fourth-order valence-corrected chi connectivity index (χ4v) is 2.93. The maximum absolute atomic E-state index is 13.7. The Bertz CT molecular complexity index is 1260. The first-order valence-corrected chi connectivity index (χ1v) is 9.31. The average molecular weight is 419 g/mol. The molecule has 0 unspecified atom stereocenters. The summed E-state index contributed by atoms with van der Waals surface area (Å²) in [5, 5.41) is 13.8. The van der Waals surface area contributed by atoms with Gasteiger partial charge >= 0.3 is 6.01 Å². The molecule has 0 aliphatic heterocycles. The number of carbonyl (C=O) groups excluding carboxylic acids is 1. The van der Waals surface area contributed by atoms with Crippen molar-refractivity contribution in [2.24, 2.45) is 7.05 Å². The molecule has 3 aromatic heterocycles. The molecule has 4 rings (SSSR count). The highest BCUT2D eigenvalue weighted by atomic mass is 19.1. The molecule has 0 radical (unpaired) electrons. The minimum atomic E-state index is -0.536. The lowest BCUT2D eigenvalue weighted by atomic mass is 10.0. The van der Waals surface area contributed by atoms with Crippen LogP contribution in [0.1, 0.15) is 21.5 Å². The number of nitrogens with zero attached hydrogens (tertiary/aromatic N) is 6. The van der Waals surface area contributed by atoms with Gasteiger partial charge in [-0.05, 0) is 59.7 Å². The Balaban J connectivity index is 1.54. The second-order valence-corrected chi connectivity index (χ2v) is 6.84. The lowest BCUT2D eigenvalue weighted by Gasteiger charge is -2.11. The van der Waals surface area contributed by atoms with Gasteiger partial charge in [-0.3, -0.25) is 9.78 Å². The van der Waals surface area contributed by atoms with E-state index in [-0.39, 0.29) is 17.1 Å². The number of rotatable bonds is 5. The highest BCUT2D eigenvalue weighted by molar-refractivity contribution is 6.04. The van der Waals surface area contributed by atoms with E-state index >= 15 is 0 Å². The van der Waals surface area contributed by atoms with Crippen LogP contribution in [-0.4, -0.2) is 36.1 Å². The third kappa shape index (κ3) is 4.22. The maximum atomic E-state index is 13.7. The Morgan fingerprint density at radius 2 is 1.97 bits per heavy atom. The van der Waals surface area contributed by atoms with Crippen molar-refractivity contribution in [2.75, 3.05) is 5.32 Å². The fraction of sp³-hybridized carbons (Fsp3) is 0.143. The number of pyridine rings is 2. The molecule has 10 heteroatoms. The van der Waals surface area contributed by atoms with Gasteiger partial charge in [-0.25, -0.2) is 9.37 Å². The molecule has 0 atom stereocenters. The molecule has 156 valence electrons. The number of amides is 1. The Morgan fingerprint density at radius 1 is 1.13 bits per heavy atom. The highest BCUT2D eigenvalue weighted by Crippen LogP contribution is 2.29. The van der Waals surface area contributed by atoms with Crippen LogP contribution < -0.4 is 10.1 Å². The minimum absolute atomic E-state index is 0.157. The quantitative estimate of drug-likeness (QED) is 0.528. The van der Waals surface area contributed by atoms with Gasteiger partial charge in [0.2, 0.25) is 0 Å². The van der Waals surface area contributed by atoms with Crippen LogP contribution >= 0.6 is 0 Å². The summed E-state index contributed by atoms with van der Waals surface area (Å²) >= 11 is 0. The molecule has 9 nitrogen and oxygen atoms in total. The zero-order valence-corrected chi connectivity index (χ0v) is 17.0. The predicted octanol–water partition coefficient (Wildman–Crippen LogP) is 3.47. The minimum Gasteiger partial charge on any atom is -0.423 e. The van der Waals surface area contributed by atoms with Crippen molar-refractivity contribution < 1.29 is 13.9 Å². The molecule has 0 aliphatic rings. The van der Waals surface area contributed by atoms with Crippen molar-refractivity contribution in [3.05, 3.63) is 71.4 Å². The van der Waals surface area contributed by atoms with Crippen LogP contribution in [0.25, 0.3) is 11.1 Å². The standard InChI is InChI=1S/C21H18FN7O2/c1-12-4-6-15(31-21-26-27-28-29(21)3)8-16(12)14-5-7-19(24-9-14)25-20(30)17-10-23-11-18(22)13(17)2/h4-11H,1-3H3,(H,24,25,30). The zero-order valence-electron chi connectivity index (χ0n) is 17.0. The molecule has 1 aromatic carbocycles. The van der Waals surface area contributed by atoms with Crippen LogP contribution in [0.3, 0.4) is 0 Å². The molecule has 0 saturated heterocycles. The van der Waals surface area contributed by atoms with Gasteiger partial charge in [0, 0.05) is 30.6 Å². The second-order valence-electron chi connectivity index (χ2n) is 6.84. The van der Waals surface area contributed by atoms with Crippen molar-refractivity contribution in [3.8, 4) is 22.9 Å². The Morgan fingerprint density at radius 3 is 2.68 bits per heavy atom. The molecular formula is C21H18FN7O2. The van der Waals surface area contributed by atoms with E-state index in [2.05, 4.69) is 30.8 Å². The Kier molecular flexibility index (Phi) is 5.35. The molecule has 0 spiro atoms. The number of aryl methyl sites for hydroxylation is 2. The largest absolute Gasteiger partial charge is 0.423 e. The molecule has 3 heterocycles. The summed E-state index contributed by atoms with van der Waals surface area (Å²) in [6.45, 7) is 3.50. The SMILES string of the molecule is Cc1ccc(Oc2nnnn2C)cc1-c1ccc(NC(=O)c2cncc(F)c2C)nc1. The summed E-state index contributed by atoms with van der Waals surface area (Å²) in [5.74, 6) is -0.100. The Labute approximate surface area is 176 Å². The van der Waals surface area contributed by atoms with Crippen molar-refractivity contribution >= 4 is 11.7 Å². The normalized spacial score (nSPS) is 10.7. The number of carbonyl (C=O) groups is 1. The molecule has 1 N–H and O–H groups in total. The molecule has 0 bridgehead atoms. The van der Waals surface area contributed by atoms with Crippen molar-refractivity contribution in [2.45, 2.75) is 13.8 Å². The number of nitrogens with one attached hydrogen (secondary N) is 1. The summed E-state index contributed by atoms with van der Waals surface area (Å²) in [7, 11) is 1.68. The van der Waals surface area contributed by atoms with Crippen LogP contribution in [0.5, 0.6) is 11.8 Å². The molecule has 31 heavy (non-hydrogen) atoms. The molecule has 0 saturated carbocycles. The van der Waals surface area contributed by atoms with Gasteiger partial charge in [-0.2, -0.15) is 4.68 Å². The van der Waals surface area contributed by atoms with E-state index < -0.39 is 11.7 Å². The number of benzene rings is 1. The first-order valence-electron chi connectivity index (χ1n) is 9.31. The van der Waals surface area contributed by atoms with Gasteiger partial charge in [-0.15, -0.1) is 0 Å². The highest BCUT2D eigenvalue weighted by Gasteiger charge is 2.14. The topological polar surface area (TPSA) is 108 Å². The van der Waals surface area contributed by atoms with Gasteiger partial charge in [0.25, 0.3) is 5.91 Å². The molecular weight excluding hydrogens is 401 g/mol. The Hall–Kier alpha value is -4.21. The van der Waals surface area contributed by atoms with Crippen molar-refractivity contribution in [1.29, 1.82) is 0 Å². The smallest absolute Gasteiger partial charge is 0.340 e. The third-order valence-corrected chi connectivity index (χ3v) is 4.71. The second kappa shape index (κ2) is 8.27. The third-order valence-electron chi connectivity index (χ3n) is 4.71. The predicted molar refractivity (Wildman–Crippen MR) is 110 cm³/mol. The number of aromatic nitrogens is 6. The van der Waals surface area contributed by atoms with E-state index in [9.17, 15) is 9.18 Å². The number of anilines is 1. The average Bonchev–Trinajstić information content (AvgIpc) is 3.16. The molecule has 1 amide bonds. The monoisotopic (exact) mass is 419 g/mol. The molecule has 4 aromatic rings. The van der Waals surface area contributed by atoms with E-state index in [1.165, 1.54) is 17.8 Å². The number of hydrogen-bond acceptors (Lipinski definition) is 7. The maximum Gasteiger partial charge on any atom is 0.340 e. The van der Waals surface area contributed by atoms with E-state index in [0.717, 1.165) is 22.9 Å².